The molecule has 0 radical (unpaired) electrons. The predicted octanol–water partition coefficient (Wildman–Crippen LogP) is 4.32. The molecule has 2 N–H and O–H groups in total. The number of halogens is 3. The highest BCUT2D eigenvalue weighted by atomic mass is 35.5. The van der Waals surface area contributed by atoms with Gasteiger partial charge in [-0.05, 0) is 35.4 Å². The zero-order valence-corrected chi connectivity index (χ0v) is 22.1. The SMILES string of the molecule is O=C1c2ccccc2C(=O)c2cc(CN3C(=O)C4C(C(=O)O)NC(c5cc(Cl)cc(Cl)c5Cl)C4C3=O)ccc21. The Kier molecular flexibility index (Phi) is 6.11. The lowest BCUT2D eigenvalue weighted by Gasteiger charge is -2.23. The molecule has 2 aliphatic heterocycles. The number of carboxylic acids is 1. The van der Waals surface area contributed by atoms with Gasteiger partial charge in [0.25, 0.3) is 0 Å². The van der Waals surface area contributed by atoms with Crippen LogP contribution in [0.4, 0.5) is 0 Å². The van der Waals surface area contributed by atoms with E-state index in [0.29, 0.717) is 16.7 Å². The number of rotatable bonds is 4. The first kappa shape index (κ1) is 25.7. The smallest absolute Gasteiger partial charge is 0.321 e. The molecule has 2 heterocycles. The number of fused-ring (bicyclic) bond motifs is 3. The normalized spacial score (nSPS) is 23.6. The minimum atomic E-state index is -1.35. The standard InChI is InChI=1S/C28H17Cl3N2O6/c29-12-8-17(21(31)18(30)9-12)22-19-20(23(32-22)28(38)39)27(37)33(26(19)36)10-11-5-6-15-16(7-11)25(35)14-4-2-1-3-13(14)24(15)34/h1-9,19-20,22-23,32H,10H2,(H,38,39). The number of carbonyl (C=O) groups is 5. The summed E-state index contributed by atoms with van der Waals surface area (Å²) in [6.45, 7) is -0.204. The third-order valence-corrected chi connectivity index (χ3v) is 8.55. The minimum absolute atomic E-state index is 0.0974. The Labute approximate surface area is 236 Å². The van der Waals surface area contributed by atoms with Crippen LogP contribution < -0.4 is 5.32 Å². The molecular formula is C28H17Cl3N2O6. The van der Waals surface area contributed by atoms with E-state index in [9.17, 15) is 29.1 Å². The van der Waals surface area contributed by atoms with Gasteiger partial charge in [-0.15, -0.1) is 0 Å². The number of nitrogens with zero attached hydrogens (tertiary/aromatic N) is 1. The summed E-state index contributed by atoms with van der Waals surface area (Å²) >= 11 is 18.7. The number of ketones is 2. The lowest BCUT2D eigenvalue weighted by atomic mass is 9.83. The van der Waals surface area contributed by atoms with Gasteiger partial charge in [-0.1, -0.05) is 65.1 Å². The average Bonchev–Trinajstić information content (AvgIpc) is 3.42. The Morgan fingerprint density at radius 3 is 2.10 bits per heavy atom. The molecule has 11 heteroatoms. The first-order valence-corrected chi connectivity index (χ1v) is 13.0. The van der Waals surface area contributed by atoms with Crippen molar-refractivity contribution in [3.8, 4) is 0 Å². The van der Waals surface area contributed by atoms with Crippen molar-refractivity contribution >= 4 is 64.2 Å². The van der Waals surface area contributed by atoms with E-state index in [4.69, 9.17) is 34.8 Å². The summed E-state index contributed by atoms with van der Waals surface area (Å²) in [7, 11) is 0. The first-order chi connectivity index (χ1) is 18.6. The number of carboxylic acid groups (broad SMARTS) is 1. The Balaban J connectivity index is 1.35. The van der Waals surface area contributed by atoms with Gasteiger partial charge in [0.1, 0.15) is 6.04 Å². The molecule has 3 aliphatic rings. The second kappa shape index (κ2) is 9.27. The van der Waals surface area contributed by atoms with Crippen LogP contribution in [0.2, 0.25) is 15.1 Å². The van der Waals surface area contributed by atoms with E-state index in [1.807, 2.05) is 0 Å². The fourth-order valence-corrected chi connectivity index (χ4v) is 6.51. The Hall–Kier alpha value is -3.56. The van der Waals surface area contributed by atoms with Gasteiger partial charge in [-0.2, -0.15) is 0 Å². The molecule has 0 bridgehead atoms. The Morgan fingerprint density at radius 2 is 1.44 bits per heavy atom. The molecule has 0 saturated carbocycles. The lowest BCUT2D eigenvalue weighted by molar-refractivity contribution is -0.146. The van der Waals surface area contributed by atoms with Crippen LogP contribution in [0.15, 0.2) is 54.6 Å². The summed E-state index contributed by atoms with van der Waals surface area (Å²) in [5, 5.41) is 13.2. The van der Waals surface area contributed by atoms with Gasteiger partial charge in [0.05, 0.1) is 28.4 Å². The van der Waals surface area contributed by atoms with Crippen LogP contribution >= 0.6 is 34.8 Å². The number of amides is 2. The Bertz CT molecular complexity index is 1650. The van der Waals surface area contributed by atoms with Crippen LogP contribution in [0.3, 0.4) is 0 Å². The number of hydrogen-bond acceptors (Lipinski definition) is 6. The van der Waals surface area contributed by atoms with Crippen molar-refractivity contribution in [2.24, 2.45) is 11.8 Å². The summed E-state index contributed by atoms with van der Waals surface area (Å²) in [4.78, 5) is 66.3. The highest BCUT2D eigenvalue weighted by molar-refractivity contribution is 6.43. The second-order valence-electron chi connectivity index (χ2n) is 9.65. The van der Waals surface area contributed by atoms with Gasteiger partial charge >= 0.3 is 5.97 Å². The molecule has 3 aromatic carbocycles. The first-order valence-electron chi connectivity index (χ1n) is 11.9. The summed E-state index contributed by atoms with van der Waals surface area (Å²) in [6, 6.07) is 11.7. The van der Waals surface area contributed by atoms with Gasteiger partial charge in [0, 0.05) is 33.3 Å². The maximum Gasteiger partial charge on any atom is 0.321 e. The molecule has 196 valence electrons. The zero-order chi connectivity index (χ0) is 27.7. The van der Waals surface area contributed by atoms with Crippen LogP contribution in [0.25, 0.3) is 0 Å². The van der Waals surface area contributed by atoms with E-state index >= 15 is 0 Å². The number of carbonyl (C=O) groups excluding carboxylic acids is 4. The molecule has 2 saturated heterocycles. The number of likely N-dealkylation sites (tertiary alicyclic amines) is 1. The molecule has 2 amide bonds. The maximum atomic E-state index is 13.6. The fraction of sp³-hybridized carbons (Fsp3) is 0.179. The van der Waals surface area contributed by atoms with E-state index in [2.05, 4.69) is 5.32 Å². The topological polar surface area (TPSA) is 121 Å². The van der Waals surface area contributed by atoms with Crippen LogP contribution in [0, 0.1) is 11.8 Å². The van der Waals surface area contributed by atoms with E-state index in [1.54, 1.807) is 30.3 Å². The minimum Gasteiger partial charge on any atom is -0.480 e. The highest BCUT2D eigenvalue weighted by Crippen LogP contribution is 2.47. The van der Waals surface area contributed by atoms with Crippen molar-refractivity contribution < 1.29 is 29.1 Å². The fourth-order valence-electron chi connectivity index (χ4n) is 5.77. The van der Waals surface area contributed by atoms with Crippen LogP contribution in [0.1, 0.15) is 49.0 Å². The quantitative estimate of drug-likeness (QED) is 0.271. The number of nitrogens with one attached hydrogen (secondary N) is 1. The van der Waals surface area contributed by atoms with Crippen molar-refractivity contribution in [1.82, 2.24) is 10.2 Å². The molecule has 39 heavy (non-hydrogen) atoms. The van der Waals surface area contributed by atoms with Crippen molar-refractivity contribution in [3.63, 3.8) is 0 Å². The monoisotopic (exact) mass is 582 g/mol. The molecule has 0 aromatic heterocycles. The van der Waals surface area contributed by atoms with E-state index in [0.717, 1.165) is 4.90 Å². The van der Waals surface area contributed by atoms with Crippen molar-refractivity contribution in [3.05, 3.63) is 103 Å². The molecular weight excluding hydrogens is 567 g/mol. The van der Waals surface area contributed by atoms with Gasteiger partial charge < -0.3 is 5.11 Å². The molecule has 3 aromatic rings. The van der Waals surface area contributed by atoms with Gasteiger partial charge in [-0.25, -0.2) is 0 Å². The van der Waals surface area contributed by atoms with Crippen LogP contribution in [-0.4, -0.2) is 45.4 Å². The summed E-state index contributed by atoms with van der Waals surface area (Å²) < 4.78 is 0. The average molecular weight is 584 g/mol. The number of imide groups is 1. The number of aliphatic carboxylic acids is 1. The molecule has 2 fully saturated rings. The number of hydrogen-bond donors (Lipinski definition) is 2. The molecule has 4 atom stereocenters. The van der Waals surface area contributed by atoms with Gasteiger partial charge in [0.15, 0.2) is 11.6 Å². The van der Waals surface area contributed by atoms with E-state index in [-0.39, 0.29) is 49.9 Å². The van der Waals surface area contributed by atoms with Crippen molar-refractivity contribution in [1.29, 1.82) is 0 Å². The summed E-state index contributed by atoms with van der Waals surface area (Å²) in [6.07, 6.45) is 0. The lowest BCUT2D eigenvalue weighted by Crippen LogP contribution is -2.43. The number of benzene rings is 3. The summed E-state index contributed by atoms with van der Waals surface area (Å²) in [5.74, 6) is -5.44. The van der Waals surface area contributed by atoms with Crippen LogP contribution in [0.5, 0.6) is 0 Å². The van der Waals surface area contributed by atoms with Crippen molar-refractivity contribution in [2.45, 2.75) is 18.6 Å². The largest absolute Gasteiger partial charge is 0.480 e. The zero-order valence-electron chi connectivity index (χ0n) is 19.8. The molecule has 4 unspecified atom stereocenters. The van der Waals surface area contributed by atoms with E-state index < -0.39 is 41.7 Å². The third kappa shape index (κ3) is 3.90. The van der Waals surface area contributed by atoms with Crippen molar-refractivity contribution in [2.75, 3.05) is 0 Å². The Morgan fingerprint density at radius 1 is 0.821 bits per heavy atom. The molecule has 1 aliphatic carbocycles. The van der Waals surface area contributed by atoms with Gasteiger partial charge in [0.2, 0.25) is 11.8 Å². The summed E-state index contributed by atoms with van der Waals surface area (Å²) in [5.41, 5.74) is 1.77. The molecule has 8 nitrogen and oxygen atoms in total. The molecule has 0 spiro atoms. The molecule has 6 rings (SSSR count). The maximum absolute atomic E-state index is 13.6. The van der Waals surface area contributed by atoms with Gasteiger partial charge in [-0.3, -0.25) is 34.2 Å². The van der Waals surface area contributed by atoms with Crippen LogP contribution in [-0.2, 0) is 20.9 Å². The predicted molar refractivity (Wildman–Crippen MR) is 141 cm³/mol. The highest BCUT2D eigenvalue weighted by Gasteiger charge is 2.61. The second-order valence-corrected chi connectivity index (χ2v) is 10.9. The van der Waals surface area contributed by atoms with E-state index in [1.165, 1.54) is 24.3 Å². The third-order valence-electron chi connectivity index (χ3n) is 7.52.